The number of rotatable bonds is 2. The molecule has 0 bridgehead atoms. The summed E-state index contributed by atoms with van der Waals surface area (Å²) in [6.07, 6.45) is 1.50. The van der Waals surface area contributed by atoms with Crippen molar-refractivity contribution in [2.24, 2.45) is 0 Å². The number of carbonyl (C=O) groups is 1. The molecule has 3 heterocycles. The number of fused-ring (bicyclic) bond motifs is 2. The molecule has 2 aliphatic heterocycles. The van der Waals surface area contributed by atoms with E-state index in [2.05, 4.69) is 33.4 Å². The van der Waals surface area contributed by atoms with Gasteiger partial charge in [0, 0.05) is 31.7 Å². The van der Waals surface area contributed by atoms with Gasteiger partial charge in [-0.15, -0.1) is 11.3 Å². The molecule has 138 valence electrons. The van der Waals surface area contributed by atoms with E-state index in [9.17, 15) is 4.79 Å². The molecule has 5 nitrogen and oxygen atoms in total. The molecular weight excluding hydrogens is 358 g/mol. The Morgan fingerprint density at radius 3 is 3.00 bits per heavy atom. The summed E-state index contributed by atoms with van der Waals surface area (Å²) < 4.78 is 6.90. The molecular formula is C21H21N3O2S. The minimum absolute atomic E-state index is 0.240. The Labute approximate surface area is 162 Å². The fraction of sp³-hybridized carbons (Fsp3) is 0.333. The third-order valence-corrected chi connectivity index (χ3v) is 6.39. The molecule has 1 unspecified atom stereocenters. The number of nitrogens with zero attached hydrogens (tertiary/aromatic N) is 2. The maximum Gasteiger partial charge on any atom is 0.339 e. The molecule has 1 atom stereocenters. The zero-order valence-corrected chi connectivity index (χ0v) is 15.8. The van der Waals surface area contributed by atoms with Gasteiger partial charge in [0.1, 0.15) is 5.01 Å². The summed E-state index contributed by atoms with van der Waals surface area (Å²) in [5.41, 5.74) is 3.81. The van der Waals surface area contributed by atoms with Crippen LogP contribution in [-0.4, -0.2) is 37.1 Å². The third-order valence-electron chi connectivity index (χ3n) is 5.26. The molecule has 5 rings (SSSR count). The number of thiazole rings is 1. The Morgan fingerprint density at radius 1 is 1.15 bits per heavy atom. The van der Waals surface area contributed by atoms with Crippen LogP contribution >= 0.6 is 11.3 Å². The van der Waals surface area contributed by atoms with Crippen LogP contribution in [-0.2, 0) is 11.2 Å². The fourth-order valence-electron chi connectivity index (χ4n) is 3.83. The monoisotopic (exact) mass is 379 g/mol. The van der Waals surface area contributed by atoms with E-state index < -0.39 is 0 Å². The van der Waals surface area contributed by atoms with Crippen molar-refractivity contribution < 1.29 is 9.53 Å². The number of aromatic nitrogens is 1. The topological polar surface area (TPSA) is 54.5 Å². The number of anilines is 1. The number of hydrogen-bond acceptors (Lipinski definition) is 6. The Hall–Kier alpha value is -2.44. The molecule has 1 aromatic heterocycles. The highest BCUT2D eigenvalue weighted by molar-refractivity contribution is 7.18. The highest BCUT2D eigenvalue weighted by atomic mass is 32.1. The van der Waals surface area contributed by atoms with Crippen LogP contribution in [0.2, 0.25) is 0 Å². The molecule has 0 spiro atoms. The van der Waals surface area contributed by atoms with E-state index in [0.717, 1.165) is 59.1 Å². The first kappa shape index (κ1) is 16.7. The number of ether oxygens (including phenoxy) is 1. The number of nitrogens with one attached hydrogen (secondary N) is 1. The lowest BCUT2D eigenvalue weighted by atomic mass is 9.97. The molecule has 2 aliphatic rings. The van der Waals surface area contributed by atoms with Crippen molar-refractivity contribution in [2.45, 2.75) is 18.9 Å². The average Bonchev–Trinajstić information content (AvgIpc) is 2.94. The Bertz CT molecular complexity index is 959. The molecule has 0 saturated carbocycles. The van der Waals surface area contributed by atoms with E-state index in [1.54, 1.807) is 11.3 Å². The summed E-state index contributed by atoms with van der Waals surface area (Å²) in [6.45, 7) is 3.99. The molecule has 1 saturated heterocycles. The van der Waals surface area contributed by atoms with Gasteiger partial charge in [0.25, 0.3) is 0 Å². The van der Waals surface area contributed by atoms with Crippen LogP contribution < -0.4 is 10.2 Å². The maximum absolute atomic E-state index is 12.7. The van der Waals surface area contributed by atoms with Gasteiger partial charge in [0.05, 0.1) is 15.8 Å². The van der Waals surface area contributed by atoms with Gasteiger partial charge in [0.2, 0.25) is 0 Å². The highest BCUT2D eigenvalue weighted by Crippen LogP contribution is 2.36. The summed E-state index contributed by atoms with van der Waals surface area (Å²) in [4.78, 5) is 19.7. The van der Waals surface area contributed by atoms with Crippen molar-refractivity contribution in [2.75, 3.05) is 31.1 Å². The Balaban J connectivity index is 1.42. The van der Waals surface area contributed by atoms with Gasteiger partial charge < -0.3 is 15.0 Å². The lowest BCUT2D eigenvalue weighted by Gasteiger charge is -2.27. The number of esters is 1. The molecule has 1 N–H and O–H groups in total. The summed E-state index contributed by atoms with van der Waals surface area (Å²) in [7, 11) is 0. The first-order valence-electron chi connectivity index (χ1n) is 9.43. The van der Waals surface area contributed by atoms with Crippen molar-refractivity contribution in [3.63, 3.8) is 0 Å². The molecule has 0 radical (unpaired) electrons. The van der Waals surface area contributed by atoms with Gasteiger partial charge in [-0.1, -0.05) is 18.2 Å². The van der Waals surface area contributed by atoms with E-state index in [1.807, 2.05) is 24.3 Å². The smallest absolute Gasteiger partial charge is 0.339 e. The second kappa shape index (κ2) is 6.94. The predicted molar refractivity (Wildman–Crippen MR) is 108 cm³/mol. The molecule has 0 amide bonds. The van der Waals surface area contributed by atoms with Gasteiger partial charge in [-0.2, -0.15) is 0 Å². The summed E-state index contributed by atoms with van der Waals surface area (Å²) in [5, 5.41) is 4.29. The van der Waals surface area contributed by atoms with Crippen molar-refractivity contribution in [3.8, 4) is 0 Å². The summed E-state index contributed by atoms with van der Waals surface area (Å²) >= 11 is 1.61. The number of carbonyl (C=O) groups excluding carboxylic acids is 1. The van der Waals surface area contributed by atoms with Crippen molar-refractivity contribution >= 4 is 33.2 Å². The van der Waals surface area contributed by atoms with E-state index >= 15 is 0 Å². The van der Waals surface area contributed by atoms with Crippen LogP contribution in [0.15, 0.2) is 42.5 Å². The molecule has 27 heavy (non-hydrogen) atoms. The predicted octanol–water partition coefficient (Wildman–Crippen LogP) is 3.55. The van der Waals surface area contributed by atoms with Gasteiger partial charge >= 0.3 is 5.97 Å². The largest absolute Gasteiger partial charge is 0.451 e. The maximum atomic E-state index is 12.7. The fourth-order valence-corrected chi connectivity index (χ4v) is 4.83. The van der Waals surface area contributed by atoms with Crippen molar-refractivity contribution in [3.05, 3.63) is 58.6 Å². The number of benzene rings is 2. The van der Waals surface area contributed by atoms with Gasteiger partial charge in [-0.25, -0.2) is 9.78 Å². The van der Waals surface area contributed by atoms with Crippen LogP contribution in [0.3, 0.4) is 0 Å². The number of para-hydroxylation sites is 1. The third kappa shape index (κ3) is 3.19. The van der Waals surface area contributed by atoms with E-state index in [0.29, 0.717) is 12.0 Å². The molecule has 1 fully saturated rings. The molecule has 0 aliphatic carbocycles. The zero-order chi connectivity index (χ0) is 18.2. The van der Waals surface area contributed by atoms with Gasteiger partial charge in [-0.05, 0) is 42.8 Å². The van der Waals surface area contributed by atoms with Crippen LogP contribution in [0, 0.1) is 0 Å². The first-order chi connectivity index (χ1) is 13.3. The summed E-state index contributed by atoms with van der Waals surface area (Å²) in [6, 6.07) is 14.3. The quantitative estimate of drug-likeness (QED) is 0.690. The normalized spacial score (nSPS) is 20.2. The Kier molecular flexibility index (Phi) is 4.30. The van der Waals surface area contributed by atoms with E-state index in [1.165, 1.54) is 0 Å². The molecule has 2 aromatic carbocycles. The molecule has 3 aromatic rings. The second-order valence-corrected chi connectivity index (χ2v) is 8.11. The second-order valence-electron chi connectivity index (χ2n) is 7.05. The van der Waals surface area contributed by atoms with Crippen molar-refractivity contribution in [1.82, 2.24) is 10.3 Å². The van der Waals surface area contributed by atoms with Crippen molar-refractivity contribution in [1.29, 1.82) is 0 Å². The van der Waals surface area contributed by atoms with Crippen LogP contribution in [0.4, 0.5) is 5.69 Å². The number of hydrogen-bond donors (Lipinski definition) is 1. The number of cyclic esters (lactones) is 1. The first-order valence-corrected chi connectivity index (χ1v) is 10.2. The lowest BCUT2D eigenvalue weighted by molar-refractivity contribution is 0.0253. The van der Waals surface area contributed by atoms with Crippen LogP contribution in [0.5, 0.6) is 0 Å². The standard InChI is InChI=1S/C21H21N3O2S/c25-21-16-13-15(24-10-3-8-22-9-11-24)7-6-14(16)12-18(26-21)20-23-17-4-1-2-5-19(17)27-20/h1-2,4-7,13,18,22H,3,8-12H2. The average molecular weight is 379 g/mol. The van der Waals surface area contributed by atoms with Gasteiger partial charge in [0.15, 0.2) is 6.10 Å². The Morgan fingerprint density at radius 2 is 2.07 bits per heavy atom. The minimum atomic E-state index is -0.296. The SMILES string of the molecule is O=C1OC(c2nc3ccccc3s2)Cc2ccc(N3CCCNCC3)cc21. The van der Waals surface area contributed by atoms with Crippen LogP contribution in [0.25, 0.3) is 10.2 Å². The minimum Gasteiger partial charge on any atom is -0.451 e. The summed E-state index contributed by atoms with van der Waals surface area (Å²) in [5.74, 6) is -0.240. The van der Waals surface area contributed by atoms with Gasteiger partial charge in [-0.3, -0.25) is 0 Å². The highest BCUT2D eigenvalue weighted by Gasteiger charge is 2.30. The zero-order valence-electron chi connectivity index (χ0n) is 15.0. The van der Waals surface area contributed by atoms with E-state index in [4.69, 9.17) is 4.74 Å². The van der Waals surface area contributed by atoms with E-state index in [-0.39, 0.29) is 12.1 Å². The molecule has 6 heteroatoms. The van der Waals surface area contributed by atoms with Crippen LogP contribution in [0.1, 0.15) is 33.5 Å². The lowest BCUT2D eigenvalue weighted by Crippen LogP contribution is -2.28.